The summed E-state index contributed by atoms with van der Waals surface area (Å²) < 4.78 is 3.33. The summed E-state index contributed by atoms with van der Waals surface area (Å²) in [5, 5.41) is 0. The van der Waals surface area contributed by atoms with E-state index in [1.807, 2.05) is 12.1 Å². The van der Waals surface area contributed by atoms with Crippen molar-refractivity contribution < 1.29 is 4.79 Å². The van der Waals surface area contributed by atoms with Crippen LogP contribution in [0.3, 0.4) is 0 Å². The first-order valence-electron chi connectivity index (χ1n) is 12.1. The second kappa shape index (κ2) is 9.95. The van der Waals surface area contributed by atoms with Crippen LogP contribution in [0.15, 0.2) is 53.0 Å². The molecule has 0 saturated carbocycles. The van der Waals surface area contributed by atoms with Crippen LogP contribution in [0.25, 0.3) is 16.7 Å². The maximum atomic E-state index is 13.1. The molecule has 0 radical (unpaired) electrons. The molecule has 2 aromatic carbocycles. The predicted molar refractivity (Wildman–Crippen MR) is 135 cm³/mol. The number of hydrogen-bond acceptors (Lipinski definition) is 4. The normalized spacial score (nSPS) is 18.8. The Morgan fingerprint density at radius 1 is 0.970 bits per heavy atom. The second-order valence-electron chi connectivity index (χ2n) is 9.14. The first kappa shape index (κ1) is 22.6. The van der Waals surface area contributed by atoms with Crippen molar-refractivity contribution in [2.75, 3.05) is 45.8 Å². The molecule has 2 aliphatic rings. The molecule has 7 heteroatoms. The lowest BCUT2D eigenvalue weighted by atomic mass is 9.95. The van der Waals surface area contributed by atoms with Crippen LogP contribution < -0.4 is 0 Å². The number of amides is 1. The summed E-state index contributed by atoms with van der Waals surface area (Å²) in [5.74, 6) is 1.58. The van der Waals surface area contributed by atoms with Gasteiger partial charge >= 0.3 is 0 Å². The van der Waals surface area contributed by atoms with Crippen LogP contribution in [0.1, 0.15) is 25.6 Å². The molecule has 1 amide bonds. The zero-order valence-electron chi connectivity index (χ0n) is 19.3. The summed E-state index contributed by atoms with van der Waals surface area (Å²) >= 11 is 3.61. The number of carbonyl (C=O) groups is 1. The van der Waals surface area contributed by atoms with Crippen molar-refractivity contribution in [2.24, 2.45) is 5.92 Å². The summed E-state index contributed by atoms with van der Waals surface area (Å²) in [6, 6.07) is 16.7. The highest BCUT2D eigenvalue weighted by Crippen LogP contribution is 2.27. The van der Waals surface area contributed by atoms with Crippen molar-refractivity contribution in [1.82, 2.24) is 24.3 Å². The van der Waals surface area contributed by atoms with Gasteiger partial charge in [-0.3, -0.25) is 14.3 Å². The second-order valence-corrected chi connectivity index (χ2v) is 10.1. The number of aromatic nitrogens is 2. The van der Waals surface area contributed by atoms with Crippen LogP contribution in [-0.4, -0.2) is 76.0 Å². The number of piperazine rings is 1. The zero-order valence-corrected chi connectivity index (χ0v) is 20.9. The molecule has 2 saturated heterocycles. The van der Waals surface area contributed by atoms with Crippen molar-refractivity contribution >= 4 is 32.9 Å². The minimum Gasteiger partial charge on any atom is -0.340 e. The van der Waals surface area contributed by atoms with Crippen LogP contribution in [-0.2, 0) is 11.3 Å². The number of imidazole rings is 1. The van der Waals surface area contributed by atoms with Gasteiger partial charge in [-0.05, 0) is 62.8 Å². The highest BCUT2D eigenvalue weighted by molar-refractivity contribution is 9.10. The number of likely N-dealkylation sites (N-methyl/N-ethyl adjacent to an activating group) is 1. The van der Waals surface area contributed by atoms with E-state index in [1.165, 1.54) is 0 Å². The molecule has 174 valence electrons. The van der Waals surface area contributed by atoms with Gasteiger partial charge < -0.3 is 9.80 Å². The van der Waals surface area contributed by atoms with Crippen molar-refractivity contribution in [3.63, 3.8) is 0 Å². The molecule has 0 bridgehead atoms. The summed E-state index contributed by atoms with van der Waals surface area (Å²) in [7, 11) is 0. The number of fused-ring (bicyclic) bond motifs is 1. The monoisotopic (exact) mass is 509 g/mol. The Bertz CT molecular complexity index is 1110. The Hall–Kier alpha value is -2.22. The van der Waals surface area contributed by atoms with Gasteiger partial charge in [0.15, 0.2) is 0 Å². The Balaban J connectivity index is 1.27. The number of rotatable bonds is 5. The fourth-order valence-electron chi connectivity index (χ4n) is 5.17. The maximum absolute atomic E-state index is 13.1. The van der Waals surface area contributed by atoms with Gasteiger partial charge in [0, 0.05) is 42.3 Å². The number of piperidine rings is 1. The molecule has 2 aliphatic heterocycles. The molecule has 0 aliphatic carbocycles. The fraction of sp³-hybridized carbons (Fsp3) is 0.462. The smallest absolute Gasteiger partial charge is 0.225 e. The van der Waals surface area contributed by atoms with Crippen LogP contribution in [0.4, 0.5) is 0 Å². The lowest BCUT2D eigenvalue weighted by Gasteiger charge is -2.38. The molecule has 1 aromatic heterocycles. The van der Waals surface area contributed by atoms with Gasteiger partial charge in [0.05, 0.1) is 17.6 Å². The van der Waals surface area contributed by atoms with Gasteiger partial charge in [0.1, 0.15) is 5.82 Å². The Kier molecular flexibility index (Phi) is 6.81. The van der Waals surface area contributed by atoms with E-state index < -0.39 is 0 Å². The van der Waals surface area contributed by atoms with E-state index in [0.29, 0.717) is 5.91 Å². The highest BCUT2D eigenvalue weighted by atomic mass is 79.9. The molecule has 5 rings (SSSR count). The molecule has 6 nitrogen and oxygen atoms in total. The first-order valence-corrected chi connectivity index (χ1v) is 12.9. The van der Waals surface area contributed by atoms with E-state index in [-0.39, 0.29) is 5.92 Å². The molecule has 0 N–H and O–H groups in total. The summed E-state index contributed by atoms with van der Waals surface area (Å²) in [4.78, 5) is 25.0. The molecule has 0 atom stereocenters. The first-order chi connectivity index (χ1) is 16.1. The van der Waals surface area contributed by atoms with Crippen LogP contribution in [0.5, 0.6) is 0 Å². The van der Waals surface area contributed by atoms with E-state index in [1.54, 1.807) is 0 Å². The molecule has 2 fully saturated rings. The maximum Gasteiger partial charge on any atom is 0.225 e. The summed E-state index contributed by atoms with van der Waals surface area (Å²) in [6.45, 7) is 9.70. The third-order valence-electron chi connectivity index (χ3n) is 7.13. The number of benzene rings is 2. The van der Waals surface area contributed by atoms with E-state index in [0.717, 1.165) is 92.2 Å². The standard InChI is InChI=1S/C26H32BrN5O/c1-2-29-14-16-31(17-15-29)26(33)20-10-12-30(13-11-20)19-25-28-23-8-3-4-9-24(23)32(25)22-7-5-6-21(27)18-22/h3-9,18,20H,2,10-17,19H2,1H3. The topological polar surface area (TPSA) is 44.6 Å². The molecular weight excluding hydrogens is 478 g/mol. The van der Waals surface area contributed by atoms with Crippen molar-refractivity contribution in [2.45, 2.75) is 26.3 Å². The third kappa shape index (κ3) is 4.86. The Labute approximate surface area is 204 Å². The van der Waals surface area contributed by atoms with E-state index in [9.17, 15) is 4.79 Å². The van der Waals surface area contributed by atoms with E-state index >= 15 is 0 Å². The number of hydrogen-bond donors (Lipinski definition) is 0. The van der Waals surface area contributed by atoms with Crippen molar-refractivity contribution in [1.29, 1.82) is 0 Å². The Morgan fingerprint density at radius 3 is 2.45 bits per heavy atom. The van der Waals surface area contributed by atoms with Gasteiger partial charge in [-0.25, -0.2) is 4.98 Å². The molecule has 0 spiro atoms. The van der Waals surface area contributed by atoms with Gasteiger partial charge in [-0.1, -0.05) is 41.1 Å². The summed E-state index contributed by atoms with van der Waals surface area (Å²) in [5.41, 5.74) is 3.26. The molecule has 3 heterocycles. The largest absolute Gasteiger partial charge is 0.340 e. The predicted octanol–water partition coefficient (Wildman–Crippen LogP) is 4.16. The van der Waals surface area contributed by atoms with Gasteiger partial charge in [-0.2, -0.15) is 0 Å². The average Bonchev–Trinajstić information content (AvgIpc) is 3.22. The van der Waals surface area contributed by atoms with Crippen LogP contribution >= 0.6 is 15.9 Å². The zero-order chi connectivity index (χ0) is 22.8. The van der Waals surface area contributed by atoms with Gasteiger partial charge in [0.25, 0.3) is 0 Å². The highest BCUT2D eigenvalue weighted by Gasteiger charge is 2.30. The van der Waals surface area contributed by atoms with Crippen molar-refractivity contribution in [3.8, 4) is 5.69 Å². The number of nitrogens with zero attached hydrogens (tertiary/aromatic N) is 5. The van der Waals surface area contributed by atoms with E-state index in [2.05, 4.69) is 78.5 Å². The molecule has 3 aromatic rings. The van der Waals surface area contributed by atoms with Gasteiger partial charge in [-0.15, -0.1) is 0 Å². The quantitative estimate of drug-likeness (QED) is 0.517. The lowest BCUT2D eigenvalue weighted by molar-refractivity contribution is -0.138. The van der Waals surface area contributed by atoms with E-state index in [4.69, 9.17) is 4.98 Å². The van der Waals surface area contributed by atoms with Crippen molar-refractivity contribution in [3.05, 3.63) is 58.8 Å². The van der Waals surface area contributed by atoms with Gasteiger partial charge in [0.2, 0.25) is 5.91 Å². The minimum absolute atomic E-state index is 0.165. The molecular formula is C26H32BrN5O. The molecule has 0 unspecified atom stereocenters. The number of carbonyl (C=O) groups excluding carboxylic acids is 1. The number of likely N-dealkylation sites (tertiary alicyclic amines) is 1. The lowest BCUT2D eigenvalue weighted by Crippen LogP contribution is -2.51. The van der Waals surface area contributed by atoms with Crippen LogP contribution in [0.2, 0.25) is 0 Å². The number of halogens is 1. The number of para-hydroxylation sites is 2. The third-order valence-corrected chi connectivity index (χ3v) is 7.62. The fourth-order valence-corrected chi connectivity index (χ4v) is 5.55. The average molecular weight is 510 g/mol. The SMILES string of the molecule is CCN1CCN(C(=O)C2CCN(Cc3nc4ccccc4n3-c3cccc(Br)c3)CC2)CC1. The molecule has 33 heavy (non-hydrogen) atoms. The van der Waals surface area contributed by atoms with Crippen LogP contribution in [0, 0.1) is 5.92 Å². The summed E-state index contributed by atoms with van der Waals surface area (Å²) in [6.07, 6.45) is 1.87. The minimum atomic E-state index is 0.165. The Morgan fingerprint density at radius 2 is 1.73 bits per heavy atom.